The van der Waals surface area contributed by atoms with Gasteiger partial charge in [0.15, 0.2) is 5.82 Å². The number of aliphatic hydroxyl groups excluding tert-OH is 1. The van der Waals surface area contributed by atoms with Crippen molar-refractivity contribution in [1.82, 2.24) is 5.16 Å². The van der Waals surface area contributed by atoms with E-state index in [1.54, 1.807) is 25.1 Å². The second kappa shape index (κ2) is 8.36. The average molecular weight is 394 g/mol. The normalized spacial score (nSPS) is 12.3. The van der Waals surface area contributed by atoms with Crippen molar-refractivity contribution in [1.29, 1.82) is 0 Å². The van der Waals surface area contributed by atoms with Crippen LogP contribution in [0, 0.1) is 0 Å². The van der Waals surface area contributed by atoms with Crippen molar-refractivity contribution in [2.45, 2.75) is 39.2 Å². The van der Waals surface area contributed by atoms with Gasteiger partial charge in [-0.15, -0.1) is 0 Å². The Balaban J connectivity index is 1.58. The molecular weight excluding hydrogens is 368 g/mol. The molecule has 3 aromatic rings. The van der Waals surface area contributed by atoms with Crippen LogP contribution in [0.5, 0.6) is 0 Å². The predicted octanol–water partition coefficient (Wildman–Crippen LogP) is 5.41. The number of rotatable bonds is 5. The molecule has 3 rings (SSSR count). The van der Waals surface area contributed by atoms with Crippen LogP contribution in [0.3, 0.4) is 0 Å². The van der Waals surface area contributed by atoms with Crippen LogP contribution >= 0.6 is 0 Å². The van der Waals surface area contributed by atoms with Crippen LogP contribution in [0.4, 0.5) is 27.7 Å². The summed E-state index contributed by atoms with van der Waals surface area (Å²) >= 11 is 0. The van der Waals surface area contributed by atoms with Gasteiger partial charge >= 0.3 is 6.03 Å². The van der Waals surface area contributed by atoms with Crippen LogP contribution in [0.1, 0.15) is 45.1 Å². The van der Waals surface area contributed by atoms with Gasteiger partial charge < -0.3 is 20.3 Å². The number of benzene rings is 2. The molecule has 29 heavy (non-hydrogen) atoms. The SMILES string of the molecule is CC(O)c1cccc(Nc2ccc(NC(=O)Nc3cc(C(C)(C)C)on3)cc2)c1. The van der Waals surface area contributed by atoms with E-state index in [2.05, 4.69) is 21.1 Å². The standard InChI is InChI=1S/C22H26N4O3/c1-14(27)15-6-5-7-18(12-15)23-16-8-10-17(11-9-16)24-21(28)25-20-13-19(29-26-20)22(2,3)4/h5-14,23,27H,1-4H3,(H2,24,25,26,28). The van der Waals surface area contributed by atoms with Gasteiger partial charge in [-0.3, -0.25) is 5.32 Å². The van der Waals surface area contributed by atoms with Crippen LogP contribution in [-0.2, 0) is 5.41 Å². The van der Waals surface area contributed by atoms with E-state index in [9.17, 15) is 9.90 Å². The van der Waals surface area contributed by atoms with Gasteiger partial charge in [0.2, 0.25) is 0 Å². The zero-order valence-electron chi connectivity index (χ0n) is 17.0. The number of aromatic nitrogens is 1. The number of hydrogen-bond donors (Lipinski definition) is 4. The molecule has 0 saturated carbocycles. The van der Waals surface area contributed by atoms with Gasteiger partial charge in [0.25, 0.3) is 0 Å². The van der Waals surface area contributed by atoms with Gasteiger partial charge in [0.05, 0.1) is 6.10 Å². The molecule has 0 aliphatic rings. The number of urea groups is 1. The molecule has 0 spiro atoms. The fraction of sp³-hybridized carbons (Fsp3) is 0.273. The highest BCUT2D eigenvalue weighted by molar-refractivity contribution is 5.99. The molecule has 7 nitrogen and oxygen atoms in total. The number of nitrogens with zero attached hydrogens (tertiary/aromatic N) is 1. The Morgan fingerprint density at radius 2 is 1.69 bits per heavy atom. The van der Waals surface area contributed by atoms with Crippen molar-refractivity contribution in [2.24, 2.45) is 0 Å². The maximum absolute atomic E-state index is 12.2. The topological polar surface area (TPSA) is 99.4 Å². The van der Waals surface area contributed by atoms with Crippen LogP contribution < -0.4 is 16.0 Å². The first-order chi connectivity index (χ1) is 13.7. The second-order valence-electron chi connectivity index (χ2n) is 7.91. The van der Waals surface area contributed by atoms with Crippen LogP contribution in [-0.4, -0.2) is 16.3 Å². The van der Waals surface area contributed by atoms with E-state index in [1.807, 2.05) is 57.2 Å². The molecule has 0 fully saturated rings. The first kappa shape index (κ1) is 20.4. The molecule has 2 amide bonds. The van der Waals surface area contributed by atoms with Crippen LogP contribution in [0.2, 0.25) is 0 Å². The first-order valence-electron chi connectivity index (χ1n) is 9.41. The van der Waals surface area contributed by atoms with Crippen molar-refractivity contribution in [3.8, 4) is 0 Å². The fourth-order valence-electron chi connectivity index (χ4n) is 2.65. The molecule has 152 valence electrons. The highest BCUT2D eigenvalue weighted by atomic mass is 16.5. The number of hydrogen-bond acceptors (Lipinski definition) is 5. The summed E-state index contributed by atoms with van der Waals surface area (Å²) in [5.74, 6) is 1.06. The molecule has 0 saturated heterocycles. The largest absolute Gasteiger partial charge is 0.389 e. The van der Waals surface area contributed by atoms with E-state index < -0.39 is 12.1 Å². The van der Waals surface area contributed by atoms with Crippen LogP contribution in [0.15, 0.2) is 59.1 Å². The third-order valence-electron chi connectivity index (χ3n) is 4.29. The Bertz CT molecular complexity index is 972. The summed E-state index contributed by atoms with van der Waals surface area (Å²) in [6, 6.07) is 16.2. The molecule has 1 heterocycles. The van der Waals surface area contributed by atoms with E-state index in [-0.39, 0.29) is 5.41 Å². The van der Waals surface area contributed by atoms with Gasteiger partial charge in [-0.05, 0) is 48.9 Å². The quantitative estimate of drug-likeness (QED) is 0.463. The lowest BCUT2D eigenvalue weighted by molar-refractivity contribution is 0.199. The number of carbonyl (C=O) groups is 1. The van der Waals surface area contributed by atoms with E-state index in [4.69, 9.17) is 4.52 Å². The third-order valence-corrected chi connectivity index (χ3v) is 4.29. The highest BCUT2D eigenvalue weighted by Crippen LogP contribution is 2.25. The molecule has 2 aromatic carbocycles. The molecular formula is C22H26N4O3. The number of nitrogens with one attached hydrogen (secondary N) is 3. The number of anilines is 4. The molecule has 0 radical (unpaired) electrons. The second-order valence-corrected chi connectivity index (χ2v) is 7.91. The van der Waals surface area contributed by atoms with Gasteiger partial charge in [-0.2, -0.15) is 0 Å². The number of amides is 2. The molecule has 0 aliphatic heterocycles. The smallest absolute Gasteiger partial charge is 0.324 e. The zero-order valence-corrected chi connectivity index (χ0v) is 17.0. The van der Waals surface area contributed by atoms with Gasteiger partial charge in [0.1, 0.15) is 5.76 Å². The first-order valence-corrected chi connectivity index (χ1v) is 9.41. The van der Waals surface area contributed by atoms with Crippen molar-refractivity contribution in [3.63, 3.8) is 0 Å². The van der Waals surface area contributed by atoms with E-state index in [0.29, 0.717) is 17.3 Å². The summed E-state index contributed by atoms with van der Waals surface area (Å²) in [6.45, 7) is 7.75. The summed E-state index contributed by atoms with van der Waals surface area (Å²) in [7, 11) is 0. The molecule has 1 aromatic heterocycles. The maximum atomic E-state index is 12.2. The monoisotopic (exact) mass is 394 g/mol. The number of aliphatic hydroxyl groups is 1. The number of carbonyl (C=O) groups excluding carboxylic acids is 1. The molecule has 1 unspecified atom stereocenters. The Morgan fingerprint density at radius 1 is 1.00 bits per heavy atom. The van der Waals surface area contributed by atoms with Gasteiger partial charge in [-0.25, -0.2) is 4.79 Å². The summed E-state index contributed by atoms with van der Waals surface area (Å²) in [6.07, 6.45) is -0.522. The minimum atomic E-state index is -0.522. The van der Waals surface area contributed by atoms with Crippen molar-refractivity contribution < 1.29 is 14.4 Å². The van der Waals surface area contributed by atoms with Gasteiger partial charge in [0, 0.05) is 28.5 Å². The Labute approximate surface area is 170 Å². The Morgan fingerprint density at radius 3 is 2.31 bits per heavy atom. The molecule has 0 bridgehead atoms. The lowest BCUT2D eigenvalue weighted by atomic mass is 9.93. The van der Waals surface area contributed by atoms with Crippen molar-refractivity contribution >= 4 is 28.9 Å². The van der Waals surface area contributed by atoms with Crippen LogP contribution in [0.25, 0.3) is 0 Å². The summed E-state index contributed by atoms with van der Waals surface area (Å²) < 4.78 is 5.26. The summed E-state index contributed by atoms with van der Waals surface area (Å²) in [4.78, 5) is 12.2. The van der Waals surface area contributed by atoms with Crippen molar-refractivity contribution in [2.75, 3.05) is 16.0 Å². The third kappa shape index (κ3) is 5.58. The fourth-order valence-corrected chi connectivity index (χ4v) is 2.65. The minimum Gasteiger partial charge on any atom is -0.389 e. The lowest BCUT2D eigenvalue weighted by Crippen LogP contribution is -2.19. The minimum absolute atomic E-state index is 0.180. The van der Waals surface area contributed by atoms with E-state index in [0.717, 1.165) is 16.9 Å². The molecule has 0 aliphatic carbocycles. The Hall–Kier alpha value is -3.32. The maximum Gasteiger partial charge on any atom is 0.324 e. The predicted molar refractivity (Wildman–Crippen MR) is 115 cm³/mol. The average Bonchev–Trinajstić information content (AvgIpc) is 3.12. The lowest BCUT2D eigenvalue weighted by Gasteiger charge is -2.12. The zero-order chi connectivity index (χ0) is 21.0. The Kier molecular flexibility index (Phi) is 5.89. The molecule has 4 N–H and O–H groups in total. The van der Waals surface area contributed by atoms with Gasteiger partial charge in [-0.1, -0.05) is 38.1 Å². The summed E-state index contributed by atoms with van der Waals surface area (Å²) in [5, 5.41) is 22.3. The summed E-state index contributed by atoms with van der Waals surface area (Å²) in [5.41, 5.74) is 3.05. The highest BCUT2D eigenvalue weighted by Gasteiger charge is 2.20. The molecule has 7 heteroatoms. The van der Waals surface area contributed by atoms with Crippen molar-refractivity contribution in [3.05, 3.63) is 65.9 Å². The van der Waals surface area contributed by atoms with E-state index >= 15 is 0 Å². The molecule has 1 atom stereocenters. The van der Waals surface area contributed by atoms with E-state index in [1.165, 1.54) is 0 Å².